The number of nitrogens with zero attached hydrogens (tertiary/aromatic N) is 2. The summed E-state index contributed by atoms with van der Waals surface area (Å²) >= 11 is 0. The Morgan fingerprint density at radius 1 is 0.952 bits per heavy atom. The molecule has 0 bridgehead atoms. The number of oxime groups is 1. The Morgan fingerprint density at radius 3 is 2.24 bits per heavy atom. The molecule has 21 heavy (non-hydrogen) atoms. The number of hydrogen-bond donors (Lipinski definition) is 0. The van der Waals surface area contributed by atoms with Crippen molar-refractivity contribution in [3.8, 4) is 0 Å². The molecule has 3 nitrogen and oxygen atoms in total. The summed E-state index contributed by atoms with van der Waals surface area (Å²) in [5.74, 6) is 0. The molecule has 0 fully saturated rings. The Labute approximate surface area is 126 Å². The van der Waals surface area contributed by atoms with E-state index in [2.05, 4.69) is 48.2 Å². The van der Waals surface area contributed by atoms with Crippen LogP contribution in [0.15, 0.2) is 59.8 Å². The minimum absolute atomic E-state index is 0.495. The summed E-state index contributed by atoms with van der Waals surface area (Å²) in [5.41, 5.74) is 3.40. The quantitative estimate of drug-likeness (QED) is 0.564. The first-order valence-electron chi connectivity index (χ1n) is 7.37. The Kier molecular flexibility index (Phi) is 5.83. The minimum Gasteiger partial charge on any atom is -0.391 e. The second kappa shape index (κ2) is 8.10. The van der Waals surface area contributed by atoms with Gasteiger partial charge >= 0.3 is 0 Å². The fourth-order valence-corrected chi connectivity index (χ4v) is 2.14. The molecule has 0 saturated carbocycles. The van der Waals surface area contributed by atoms with Crippen molar-refractivity contribution in [2.45, 2.75) is 20.5 Å². The van der Waals surface area contributed by atoms with Crippen molar-refractivity contribution in [3.05, 3.63) is 65.7 Å². The molecule has 2 aromatic carbocycles. The third kappa shape index (κ3) is 4.63. The van der Waals surface area contributed by atoms with Crippen LogP contribution in [0.3, 0.4) is 0 Å². The zero-order chi connectivity index (χ0) is 14.9. The normalized spacial score (nSPS) is 10.8. The summed E-state index contributed by atoms with van der Waals surface area (Å²) in [4.78, 5) is 7.62. The number of anilines is 1. The Hall–Kier alpha value is -2.29. The van der Waals surface area contributed by atoms with Gasteiger partial charge in [-0.3, -0.25) is 0 Å². The number of hydrogen-bond acceptors (Lipinski definition) is 3. The summed E-state index contributed by atoms with van der Waals surface area (Å²) < 4.78 is 0. The van der Waals surface area contributed by atoms with Gasteiger partial charge < -0.3 is 9.74 Å². The van der Waals surface area contributed by atoms with Gasteiger partial charge in [-0.1, -0.05) is 47.6 Å². The van der Waals surface area contributed by atoms with Gasteiger partial charge in [0.1, 0.15) is 6.61 Å². The van der Waals surface area contributed by atoms with Gasteiger partial charge in [0.05, 0.1) is 6.21 Å². The SMILES string of the molecule is CCN(CC)c1ccc(C=NOCc2ccccc2)cc1. The maximum Gasteiger partial charge on any atom is 0.142 e. The average Bonchev–Trinajstić information content (AvgIpc) is 2.55. The molecule has 0 aromatic heterocycles. The van der Waals surface area contributed by atoms with E-state index in [1.165, 1.54) is 5.69 Å². The molecular weight excluding hydrogens is 260 g/mol. The van der Waals surface area contributed by atoms with Gasteiger partial charge in [0.15, 0.2) is 0 Å². The molecule has 2 rings (SSSR count). The van der Waals surface area contributed by atoms with Crippen molar-refractivity contribution in [2.24, 2.45) is 5.16 Å². The molecule has 0 aliphatic heterocycles. The topological polar surface area (TPSA) is 24.8 Å². The van der Waals surface area contributed by atoms with E-state index in [1.54, 1.807) is 6.21 Å². The minimum atomic E-state index is 0.495. The maximum absolute atomic E-state index is 5.30. The number of rotatable bonds is 7. The molecule has 0 aliphatic rings. The van der Waals surface area contributed by atoms with E-state index < -0.39 is 0 Å². The second-order valence-corrected chi connectivity index (χ2v) is 4.76. The van der Waals surface area contributed by atoms with Gasteiger partial charge in [0.2, 0.25) is 0 Å². The summed E-state index contributed by atoms with van der Waals surface area (Å²) in [5, 5.41) is 4.01. The molecule has 2 aromatic rings. The number of benzene rings is 2. The lowest BCUT2D eigenvalue weighted by Gasteiger charge is -2.20. The van der Waals surface area contributed by atoms with Crippen molar-refractivity contribution in [3.63, 3.8) is 0 Å². The predicted molar refractivity (Wildman–Crippen MR) is 88.8 cm³/mol. The largest absolute Gasteiger partial charge is 0.391 e. The molecule has 0 unspecified atom stereocenters. The molecule has 0 N–H and O–H groups in total. The second-order valence-electron chi connectivity index (χ2n) is 4.76. The summed E-state index contributed by atoms with van der Waals surface area (Å²) in [6, 6.07) is 18.4. The van der Waals surface area contributed by atoms with E-state index >= 15 is 0 Å². The van der Waals surface area contributed by atoms with Gasteiger partial charge in [-0.2, -0.15) is 0 Å². The molecule has 0 atom stereocenters. The third-order valence-electron chi connectivity index (χ3n) is 3.37. The van der Waals surface area contributed by atoms with Crippen LogP contribution in [0.25, 0.3) is 0 Å². The first-order valence-corrected chi connectivity index (χ1v) is 7.37. The van der Waals surface area contributed by atoms with Gasteiger partial charge in [-0.25, -0.2) is 0 Å². The van der Waals surface area contributed by atoms with Crippen LogP contribution in [0.4, 0.5) is 5.69 Å². The highest BCUT2D eigenvalue weighted by Gasteiger charge is 2.00. The monoisotopic (exact) mass is 282 g/mol. The van der Waals surface area contributed by atoms with Crippen LogP contribution in [0.1, 0.15) is 25.0 Å². The molecule has 0 aliphatic carbocycles. The highest BCUT2D eigenvalue weighted by Crippen LogP contribution is 2.14. The summed E-state index contributed by atoms with van der Waals surface area (Å²) in [7, 11) is 0. The summed E-state index contributed by atoms with van der Waals surface area (Å²) in [6.45, 7) is 6.86. The van der Waals surface area contributed by atoms with Crippen LogP contribution >= 0.6 is 0 Å². The van der Waals surface area contributed by atoms with Crippen molar-refractivity contribution in [1.82, 2.24) is 0 Å². The van der Waals surface area contributed by atoms with Crippen LogP contribution in [0.2, 0.25) is 0 Å². The zero-order valence-corrected chi connectivity index (χ0v) is 12.7. The Balaban J connectivity index is 1.87. The van der Waals surface area contributed by atoms with Gasteiger partial charge in [-0.15, -0.1) is 0 Å². The lowest BCUT2D eigenvalue weighted by atomic mass is 10.2. The first-order chi connectivity index (χ1) is 10.3. The molecular formula is C18H22N2O. The molecule has 0 amide bonds. The van der Waals surface area contributed by atoms with Gasteiger partial charge in [-0.05, 0) is 37.1 Å². The van der Waals surface area contributed by atoms with E-state index in [9.17, 15) is 0 Å². The first kappa shape index (κ1) is 15.1. The van der Waals surface area contributed by atoms with Crippen LogP contribution in [-0.4, -0.2) is 19.3 Å². The fourth-order valence-electron chi connectivity index (χ4n) is 2.14. The standard InChI is InChI=1S/C18H22N2O/c1-3-20(4-2)18-12-10-16(11-13-18)14-19-21-15-17-8-6-5-7-9-17/h5-14H,3-4,15H2,1-2H3. The molecule has 0 radical (unpaired) electrons. The molecule has 0 heterocycles. The molecule has 0 spiro atoms. The van der Waals surface area contributed by atoms with Gasteiger partial charge in [0.25, 0.3) is 0 Å². The Bertz CT molecular complexity index is 545. The van der Waals surface area contributed by atoms with Crippen LogP contribution in [0, 0.1) is 0 Å². The van der Waals surface area contributed by atoms with Crippen LogP contribution in [-0.2, 0) is 11.4 Å². The predicted octanol–water partition coefficient (Wildman–Crippen LogP) is 4.08. The van der Waals surface area contributed by atoms with E-state index in [4.69, 9.17) is 4.84 Å². The lowest BCUT2D eigenvalue weighted by Crippen LogP contribution is -2.21. The average molecular weight is 282 g/mol. The van der Waals surface area contributed by atoms with Crippen molar-refractivity contribution < 1.29 is 4.84 Å². The van der Waals surface area contributed by atoms with E-state index in [0.29, 0.717) is 6.61 Å². The lowest BCUT2D eigenvalue weighted by molar-refractivity contribution is 0.132. The molecule has 110 valence electrons. The van der Waals surface area contributed by atoms with E-state index in [-0.39, 0.29) is 0 Å². The van der Waals surface area contributed by atoms with Crippen molar-refractivity contribution >= 4 is 11.9 Å². The third-order valence-corrected chi connectivity index (χ3v) is 3.37. The fraction of sp³-hybridized carbons (Fsp3) is 0.278. The summed E-state index contributed by atoms with van der Waals surface area (Å²) in [6.07, 6.45) is 1.74. The van der Waals surface area contributed by atoms with Crippen molar-refractivity contribution in [1.29, 1.82) is 0 Å². The zero-order valence-electron chi connectivity index (χ0n) is 12.7. The van der Waals surface area contributed by atoms with Crippen LogP contribution in [0.5, 0.6) is 0 Å². The smallest absolute Gasteiger partial charge is 0.142 e. The van der Waals surface area contributed by atoms with E-state index in [1.807, 2.05) is 30.3 Å². The van der Waals surface area contributed by atoms with Crippen molar-refractivity contribution in [2.75, 3.05) is 18.0 Å². The highest BCUT2D eigenvalue weighted by molar-refractivity contribution is 5.79. The highest BCUT2D eigenvalue weighted by atomic mass is 16.6. The maximum atomic E-state index is 5.30. The van der Waals surface area contributed by atoms with E-state index in [0.717, 1.165) is 24.2 Å². The Morgan fingerprint density at radius 2 is 1.62 bits per heavy atom. The molecule has 0 saturated heterocycles. The molecule has 3 heteroatoms. The van der Waals surface area contributed by atoms with Crippen LogP contribution < -0.4 is 4.90 Å². The van der Waals surface area contributed by atoms with Gasteiger partial charge in [0, 0.05) is 18.8 Å².